The molecule has 0 aromatic heterocycles. The molecule has 0 aliphatic carbocycles. The fourth-order valence-corrected chi connectivity index (χ4v) is 2.24. The van der Waals surface area contributed by atoms with Gasteiger partial charge in [0.05, 0.1) is 13.1 Å². The molecule has 1 aliphatic rings. The van der Waals surface area contributed by atoms with E-state index in [1.165, 1.54) is 44.9 Å². The summed E-state index contributed by atoms with van der Waals surface area (Å²) < 4.78 is 4.48. The number of carbonyl (C=O) groups excluding carboxylic acids is 2. The lowest BCUT2D eigenvalue weighted by atomic mass is 10.1. The third-order valence-electron chi connectivity index (χ3n) is 3.26. The molecule has 1 heterocycles. The summed E-state index contributed by atoms with van der Waals surface area (Å²) in [6, 6.07) is 0. The molecule has 0 aromatic carbocycles. The van der Waals surface area contributed by atoms with Gasteiger partial charge < -0.3 is 4.74 Å². The van der Waals surface area contributed by atoms with E-state index in [9.17, 15) is 9.59 Å². The van der Waals surface area contributed by atoms with Crippen molar-refractivity contribution in [2.75, 3.05) is 19.6 Å². The average molecular weight is 255 g/mol. The van der Waals surface area contributed by atoms with Crippen molar-refractivity contribution in [2.45, 2.75) is 58.3 Å². The Morgan fingerprint density at radius 1 is 0.889 bits per heavy atom. The Balaban J connectivity index is 1.94. The first-order valence-electron chi connectivity index (χ1n) is 7.18. The molecule has 4 heteroatoms. The molecule has 0 unspecified atom stereocenters. The molecule has 1 aliphatic heterocycles. The first-order chi connectivity index (χ1) is 8.72. The maximum absolute atomic E-state index is 11.0. The molecule has 0 amide bonds. The number of hydrogen-bond acceptors (Lipinski definition) is 4. The zero-order valence-electron chi connectivity index (χ0n) is 11.5. The summed E-state index contributed by atoms with van der Waals surface area (Å²) in [5, 5.41) is 0. The lowest BCUT2D eigenvalue weighted by Gasteiger charge is -2.23. The molecule has 0 saturated carbocycles. The van der Waals surface area contributed by atoms with Gasteiger partial charge in [-0.25, -0.2) is 0 Å². The number of carbonyl (C=O) groups is 2. The highest BCUT2D eigenvalue weighted by Gasteiger charge is 2.23. The Kier molecular flexibility index (Phi) is 7.65. The lowest BCUT2D eigenvalue weighted by Crippen LogP contribution is -2.43. The number of esters is 2. The predicted molar refractivity (Wildman–Crippen MR) is 70.1 cm³/mol. The quantitative estimate of drug-likeness (QED) is 0.361. The summed E-state index contributed by atoms with van der Waals surface area (Å²) in [5.41, 5.74) is 0. The van der Waals surface area contributed by atoms with Crippen LogP contribution >= 0.6 is 0 Å². The monoisotopic (exact) mass is 255 g/mol. The minimum Gasteiger partial charge on any atom is -0.391 e. The van der Waals surface area contributed by atoms with E-state index in [0.29, 0.717) is 0 Å². The number of ether oxygens (including phenoxy) is 1. The van der Waals surface area contributed by atoms with Crippen LogP contribution in [0, 0.1) is 0 Å². The fraction of sp³-hybridized carbons (Fsp3) is 0.857. The highest BCUT2D eigenvalue weighted by molar-refractivity contribution is 5.90. The lowest BCUT2D eigenvalue weighted by molar-refractivity contribution is -0.166. The minimum absolute atomic E-state index is 0.266. The van der Waals surface area contributed by atoms with E-state index in [1.807, 2.05) is 4.90 Å². The zero-order chi connectivity index (χ0) is 13.2. The average Bonchev–Trinajstić information content (AvgIpc) is 2.31. The van der Waals surface area contributed by atoms with E-state index in [2.05, 4.69) is 11.7 Å². The normalized spacial score (nSPS) is 16.9. The molecular formula is C14H25NO3. The smallest absolute Gasteiger partial charge is 0.327 e. The van der Waals surface area contributed by atoms with Crippen molar-refractivity contribution < 1.29 is 14.3 Å². The standard InChI is InChI=1S/C14H25NO3/c1-2-3-4-5-6-7-8-9-10-15-11-13(16)18-14(17)12-15/h2-12H2,1H3. The van der Waals surface area contributed by atoms with Crippen molar-refractivity contribution in [3.63, 3.8) is 0 Å². The number of nitrogens with zero attached hydrogens (tertiary/aromatic N) is 1. The maximum atomic E-state index is 11.0. The van der Waals surface area contributed by atoms with Crippen LogP contribution < -0.4 is 0 Å². The molecule has 0 radical (unpaired) electrons. The Bertz CT molecular complexity index is 250. The van der Waals surface area contributed by atoms with Gasteiger partial charge in [0, 0.05) is 0 Å². The highest BCUT2D eigenvalue weighted by Crippen LogP contribution is 2.09. The second-order valence-electron chi connectivity index (χ2n) is 5.03. The van der Waals surface area contributed by atoms with Crippen LogP contribution in [0.15, 0.2) is 0 Å². The van der Waals surface area contributed by atoms with E-state index < -0.39 is 11.9 Å². The van der Waals surface area contributed by atoms with Gasteiger partial charge in [-0.3, -0.25) is 14.5 Å². The first-order valence-corrected chi connectivity index (χ1v) is 7.18. The summed E-state index contributed by atoms with van der Waals surface area (Å²) in [7, 11) is 0. The van der Waals surface area contributed by atoms with Crippen molar-refractivity contribution >= 4 is 11.9 Å². The van der Waals surface area contributed by atoms with Crippen molar-refractivity contribution in [3.05, 3.63) is 0 Å². The second-order valence-corrected chi connectivity index (χ2v) is 5.03. The first kappa shape index (κ1) is 15.2. The SMILES string of the molecule is CCCCCCCCCCN1CC(=O)OC(=O)C1. The van der Waals surface area contributed by atoms with Crippen molar-refractivity contribution in [2.24, 2.45) is 0 Å². The third-order valence-corrected chi connectivity index (χ3v) is 3.26. The van der Waals surface area contributed by atoms with E-state index in [1.54, 1.807) is 0 Å². The highest BCUT2D eigenvalue weighted by atomic mass is 16.6. The van der Waals surface area contributed by atoms with Crippen LogP contribution in [0.2, 0.25) is 0 Å². The van der Waals surface area contributed by atoms with Gasteiger partial charge in [0.1, 0.15) is 0 Å². The molecule has 0 bridgehead atoms. The summed E-state index contributed by atoms with van der Waals surface area (Å²) in [5.74, 6) is -0.823. The molecule has 0 aromatic rings. The topological polar surface area (TPSA) is 46.6 Å². The number of unbranched alkanes of at least 4 members (excludes halogenated alkanes) is 7. The molecule has 1 fully saturated rings. The summed E-state index contributed by atoms with van der Waals surface area (Å²) in [6.07, 6.45) is 10.1. The van der Waals surface area contributed by atoms with E-state index in [-0.39, 0.29) is 13.1 Å². The third kappa shape index (κ3) is 6.74. The van der Waals surface area contributed by atoms with Gasteiger partial charge in [0.25, 0.3) is 0 Å². The van der Waals surface area contributed by atoms with Gasteiger partial charge >= 0.3 is 11.9 Å². The Labute approximate surface area is 110 Å². The van der Waals surface area contributed by atoms with Crippen LogP contribution in [0.4, 0.5) is 0 Å². The van der Waals surface area contributed by atoms with Gasteiger partial charge in [-0.1, -0.05) is 51.9 Å². The minimum atomic E-state index is -0.411. The molecule has 0 spiro atoms. The molecule has 18 heavy (non-hydrogen) atoms. The van der Waals surface area contributed by atoms with Crippen molar-refractivity contribution in [1.29, 1.82) is 0 Å². The summed E-state index contributed by atoms with van der Waals surface area (Å²) in [6.45, 7) is 3.59. The van der Waals surface area contributed by atoms with Crippen LogP contribution in [0.1, 0.15) is 58.3 Å². The molecule has 0 N–H and O–H groups in total. The van der Waals surface area contributed by atoms with Crippen molar-refractivity contribution in [1.82, 2.24) is 4.90 Å². The molecule has 104 valence electrons. The number of hydrogen-bond donors (Lipinski definition) is 0. The van der Waals surface area contributed by atoms with Gasteiger partial charge in [0.2, 0.25) is 0 Å². The van der Waals surface area contributed by atoms with Crippen LogP contribution in [0.5, 0.6) is 0 Å². The Hall–Kier alpha value is -0.900. The van der Waals surface area contributed by atoms with Crippen molar-refractivity contribution in [3.8, 4) is 0 Å². The van der Waals surface area contributed by atoms with Gasteiger partial charge in [0.15, 0.2) is 0 Å². The Morgan fingerprint density at radius 3 is 1.94 bits per heavy atom. The molecule has 0 atom stereocenters. The van der Waals surface area contributed by atoms with Gasteiger partial charge in [-0.05, 0) is 13.0 Å². The van der Waals surface area contributed by atoms with E-state index in [0.717, 1.165) is 13.0 Å². The molecule has 4 nitrogen and oxygen atoms in total. The number of morpholine rings is 1. The van der Waals surface area contributed by atoms with Crippen LogP contribution in [0.3, 0.4) is 0 Å². The Morgan fingerprint density at radius 2 is 1.39 bits per heavy atom. The molecule has 1 saturated heterocycles. The molecular weight excluding hydrogens is 230 g/mol. The largest absolute Gasteiger partial charge is 0.391 e. The van der Waals surface area contributed by atoms with Crippen LogP contribution in [-0.2, 0) is 14.3 Å². The maximum Gasteiger partial charge on any atom is 0.327 e. The van der Waals surface area contributed by atoms with Gasteiger partial charge in [-0.2, -0.15) is 0 Å². The number of rotatable bonds is 9. The second kappa shape index (κ2) is 9.09. The molecule has 1 rings (SSSR count). The van der Waals surface area contributed by atoms with Gasteiger partial charge in [-0.15, -0.1) is 0 Å². The zero-order valence-corrected chi connectivity index (χ0v) is 11.5. The number of cyclic esters (lactones) is 2. The van der Waals surface area contributed by atoms with Crippen LogP contribution in [0.25, 0.3) is 0 Å². The fourth-order valence-electron chi connectivity index (χ4n) is 2.24. The summed E-state index contributed by atoms with van der Waals surface area (Å²) in [4.78, 5) is 23.9. The summed E-state index contributed by atoms with van der Waals surface area (Å²) >= 11 is 0. The predicted octanol–water partition coefficient (Wildman–Crippen LogP) is 2.51. The van der Waals surface area contributed by atoms with Crippen LogP contribution in [-0.4, -0.2) is 36.5 Å². The van der Waals surface area contributed by atoms with E-state index in [4.69, 9.17) is 0 Å². The van der Waals surface area contributed by atoms with E-state index >= 15 is 0 Å².